The molecule has 0 aliphatic rings. The molecule has 3 nitrogen and oxygen atoms in total. The Morgan fingerprint density at radius 1 is 1.05 bits per heavy atom. The van der Waals surface area contributed by atoms with Crippen LogP contribution in [0.25, 0.3) is 22.3 Å². The van der Waals surface area contributed by atoms with Crippen molar-refractivity contribution in [3.8, 4) is 22.3 Å². The van der Waals surface area contributed by atoms with Gasteiger partial charge in [0.25, 0.3) is 0 Å². The predicted molar refractivity (Wildman–Crippen MR) is 82.6 cm³/mol. The molecule has 0 radical (unpaired) electrons. The van der Waals surface area contributed by atoms with Crippen LogP contribution in [0.5, 0.6) is 0 Å². The Morgan fingerprint density at radius 2 is 1.80 bits per heavy atom. The van der Waals surface area contributed by atoms with Crippen molar-refractivity contribution in [2.45, 2.75) is 13.3 Å². The molecule has 20 heavy (non-hydrogen) atoms. The first-order valence-corrected chi connectivity index (χ1v) is 6.76. The summed E-state index contributed by atoms with van der Waals surface area (Å²) >= 11 is 0. The molecule has 0 aliphatic heterocycles. The topological polar surface area (TPSA) is 43.8 Å². The summed E-state index contributed by atoms with van der Waals surface area (Å²) in [5.41, 5.74) is 5.74. The third kappa shape index (κ3) is 2.07. The number of nitrogens with two attached hydrogens (primary N) is 1. The molecule has 3 heteroatoms. The van der Waals surface area contributed by atoms with E-state index < -0.39 is 0 Å². The van der Waals surface area contributed by atoms with Crippen LogP contribution in [0.1, 0.15) is 12.6 Å². The highest BCUT2D eigenvalue weighted by atomic mass is 15.3. The van der Waals surface area contributed by atoms with E-state index in [-0.39, 0.29) is 0 Å². The van der Waals surface area contributed by atoms with Crippen LogP contribution in [0.3, 0.4) is 0 Å². The molecule has 0 atom stereocenters. The fourth-order valence-electron chi connectivity index (χ4n) is 2.59. The molecule has 3 rings (SSSR count). The van der Waals surface area contributed by atoms with Gasteiger partial charge in [-0.3, -0.25) is 9.66 Å². The van der Waals surface area contributed by atoms with E-state index in [1.54, 1.807) is 10.9 Å². The largest absolute Gasteiger partial charge is 0.339 e. The van der Waals surface area contributed by atoms with E-state index in [1.807, 2.05) is 24.5 Å². The molecule has 0 bridgehead atoms. The number of aromatic nitrogens is 2. The highest BCUT2D eigenvalue weighted by Gasteiger charge is 2.16. The van der Waals surface area contributed by atoms with Gasteiger partial charge in [0.2, 0.25) is 0 Å². The van der Waals surface area contributed by atoms with Crippen molar-refractivity contribution in [3.05, 3.63) is 66.7 Å². The van der Waals surface area contributed by atoms with Gasteiger partial charge in [-0.15, -0.1) is 0 Å². The van der Waals surface area contributed by atoms with Crippen LogP contribution >= 0.6 is 0 Å². The van der Waals surface area contributed by atoms with Gasteiger partial charge in [-0.05, 0) is 18.1 Å². The standard InChI is InChI=1S/C17H17N3/c1-2-16-17(13-7-4-3-5-8-13)15(12-20(16)18)14-9-6-10-19-11-14/h3-12H,2,18H2,1H3. The first kappa shape index (κ1) is 12.5. The van der Waals surface area contributed by atoms with Gasteiger partial charge in [0.05, 0.1) is 0 Å². The molecule has 1 aromatic carbocycles. The normalized spacial score (nSPS) is 10.7. The summed E-state index contributed by atoms with van der Waals surface area (Å²) < 4.78 is 1.73. The maximum atomic E-state index is 6.12. The number of rotatable bonds is 3. The lowest BCUT2D eigenvalue weighted by Gasteiger charge is -2.07. The van der Waals surface area contributed by atoms with Gasteiger partial charge >= 0.3 is 0 Å². The van der Waals surface area contributed by atoms with Crippen LogP contribution in [-0.4, -0.2) is 9.66 Å². The van der Waals surface area contributed by atoms with Crippen molar-refractivity contribution in [1.29, 1.82) is 0 Å². The molecule has 0 spiro atoms. The van der Waals surface area contributed by atoms with Gasteiger partial charge in [-0.25, -0.2) is 0 Å². The lowest BCUT2D eigenvalue weighted by Crippen LogP contribution is -2.10. The van der Waals surface area contributed by atoms with Crippen molar-refractivity contribution < 1.29 is 0 Å². The van der Waals surface area contributed by atoms with Crippen molar-refractivity contribution in [3.63, 3.8) is 0 Å². The van der Waals surface area contributed by atoms with Crippen LogP contribution in [0.2, 0.25) is 0 Å². The van der Waals surface area contributed by atoms with E-state index >= 15 is 0 Å². The Morgan fingerprint density at radius 3 is 2.45 bits per heavy atom. The Hall–Kier alpha value is -2.55. The number of pyridine rings is 1. The van der Waals surface area contributed by atoms with Crippen LogP contribution in [-0.2, 0) is 6.42 Å². The number of hydrogen-bond donors (Lipinski definition) is 1. The van der Waals surface area contributed by atoms with E-state index in [0.717, 1.165) is 23.2 Å². The monoisotopic (exact) mass is 263 g/mol. The minimum Gasteiger partial charge on any atom is -0.339 e. The molecule has 3 aromatic rings. The molecular weight excluding hydrogens is 246 g/mol. The van der Waals surface area contributed by atoms with Crippen molar-refractivity contribution in [2.24, 2.45) is 0 Å². The van der Waals surface area contributed by atoms with Crippen LogP contribution < -0.4 is 5.84 Å². The fourth-order valence-corrected chi connectivity index (χ4v) is 2.59. The molecule has 100 valence electrons. The summed E-state index contributed by atoms with van der Waals surface area (Å²) in [6.07, 6.45) is 6.53. The zero-order valence-electron chi connectivity index (χ0n) is 11.5. The molecule has 0 saturated carbocycles. The lowest BCUT2D eigenvalue weighted by atomic mass is 9.97. The van der Waals surface area contributed by atoms with E-state index in [4.69, 9.17) is 5.84 Å². The zero-order chi connectivity index (χ0) is 13.9. The second-order valence-corrected chi connectivity index (χ2v) is 4.73. The van der Waals surface area contributed by atoms with Crippen molar-refractivity contribution in [1.82, 2.24) is 9.66 Å². The summed E-state index contributed by atoms with van der Waals surface area (Å²) in [4.78, 5) is 4.21. The minimum absolute atomic E-state index is 0.890. The number of benzene rings is 1. The maximum Gasteiger partial charge on any atom is 0.0473 e. The third-order valence-corrected chi connectivity index (χ3v) is 3.51. The Balaban J connectivity index is 2.26. The smallest absolute Gasteiger partial charge is 0.0473 e. The summed E-state index contributed by atoms with van der Waals surface area (Å²) in [5.74, 6) is 6.12. The van der Waals surface area contributed by atoms with Gasteiger partial charge < -0.3 is 5.84 Å². The zero-order valence-corrected chi connectivity index (χ0v) is 11.5. The lowest BCUT2D eigenvalue weighted by molar-refractivity contribution is 0.900. The minimum atomic E-state index is 0.890. The molecule has 2 heterocycles. The number of nitrogens with zero attached hydrogens (tertiary/aromatic N) is 2. The highest BCUT2D eigenvalue weighted by Crippen LogP contribution is 2.35. The van der Waals surface area contributed by atoms with Gasteiger partial charge in [-0.1, -0.05) is 43.3 Å². The van der Waals surface area contributed by atoms with Gasteiger partial charge in [0.15, 0.2) is 0 Å². The summed E-state index contributed by atoms with van der Waals surface area (Å²) in [6.45, 7) is 2.12. The molecule has 0 saturated heterocycles. The molecule has 0 fully saturated rings. The molecule has 2 N–H and O–H groups in total. The van der Waals surface area contributed by atoms with Gasteiger partial charge in [0.1, 0.15) is 0 Å². The quantitative estimate of drug-likeness (QED) is 0.735. The summed E-state index contributed by atoms with van der Waals surface area (Å²) in [7, 11) is 0. The first-order chi connectivity index (χ1) is 9.81. The second kappa shape index (κ2) is 5.21. The average Bonchev–Trinajstić information content (AvgIpc) is 2.85. The second-order valence-electron chi connectivity index (χ2n) is 4.73. The first-order valence-electron chi connectivity index (χ1n) is 6.76. The third-order valence-electron chi connectivity index (χ3n) is 3.51. The van der Waals surface area contributed by atoms with Crippen molar-refractivity contribution >= 4 is 0 Å². The average molecular weight is 263 g/mol. The molecule has 0 aliphatic carbocycles. The molecule has 0 amide bonds. The van der Waals surface area contributed by atoms with Crippen LogP contribution in [0, 0.1) is 0 Å². The molecule has 2 aromatic heterocycles. The number of hydrogen-bond acceptors (Lipinski definition) is 2. The van der Waals surface area contributed by atoms with Crippen LogP contribution in [0.15, 0.2) is 61.1 Å². The Bertz CT molecular complexity index is 700. The Labute approximate surface area is 118 Å². The summed E-state index contributed by atoms with van der Waals surface area (Å²) in [5, 5.41) is 0. The van der Waals surface area contributed by atoms with Crippen LogP contribution in [0.4, 0.5) is 0 Å². The fraction of sp³-hybridized carbons (Fsp3) is 0.118. The van der Waals surface area contributed by atoms with E-state index in [9.17, 15) is 0 Å². The highest BCUT2D eigenvalue weighted by molar-refractivity contribution is 5.85. The molecular formula is C17H17N3. The SMILES string of the molecule is CCc1c(-c2ccccc2)c(-c2cccnc2)cn1N. The maximum absolute atomic E-state index is 6.12. The van der Waals surface area contributed by atoms with Gasteiger partial charge in [-0.2, -0.15) is 0 Å². The van der Waals surface area contributed by atoms with Crippen molar-refractivity contribution in [2.75, 3.05) is 5.84 Å². The van der Waals surface area contributed by atoms with E-state index in [2.05, 4.69) is 42.2 Å². The van der Waals surface area contributed by atoms with Gasteiger partial charge in [0, 0.05) is 41.0 Å². The summed E-state index contributed by atoms with van der Waals surface area (Å²) in [6, 6.07) is 14.4. The van der Waals surface area contributed by atoms with E-state index in [0.29, 0.717) is 0 Å². The Kier molecular flexibility index (Phi) is 3.25. The number of nitrogen functional groups attached to an aromatic ring is 1. The predicted octanol–water partition coefficient (Wildman–Crippen LogP) is 3.49. The molecule has 0 unspecified atom stereocenters. The van der Waals surface area contributed by atoms with E-state index in [1.165, 1.54) is 11.1 Å².